The van der Waals surface area contributed by atoms with Crippen LogP contribution in [0.4, 0.5) is 0 Å². The van der Waals surface area contributed by atoms with Crippen molar-refractivity contribution >= 4 is 37.6 Å². The average molecular weight is 394 g/mol. The van der Waals surface area contributed by atoms with Crippen molar-refractivity contribution in [2.24, 2.45) is 11.3 Å². The van der Waals surface area contributed by atoms with Crippen molar-refractivity contribution in [1.82, 2.24) is 0 Å². The Morgan fingerprint density at radius 3 is 2.53 bits per heavy atom. The quantitative estimate of drug-likeness (QED) is 0.545. The van der Waals surface area contributed by atoms with Gasteiger partial charge in [0.15, 0.2) is 5.78 Å². The van der Waals surface area contributed by atoms with E-state index in [9.17, 15) is 4.79 Å². The van der Waals surface area contributed by atoms with Gasteiger partial charge in [-0.15, -0.1) is 0 Å². The third-order valence-electron chi connectivity index (χ3n) is 4.49. The zero-order chi connectivity index (χ0) is 14.4. The molecule has 3 unspecified atom stereocenters. The maximum atomic E-state index is 12.4. The molecule has 3 atom stereocenters. The molecule has 19 heavy (non-hydrogen) atoms. The van der Waals surface area contributed by atoms with E-state index in [0.717, 1.165) is 30.2 Å². The van der Waals surface area contributed by atoms with Gasteiger partial charge in [0.1, 0.15) is 0 Å². The summed E-state index contributed by atoms with van der Waals surface area (Å²) in [5.41, 5.74) is -0.0505. The predicted octanol–water partition coefficient (Wildman–Crippen LogP) is 4.95. The molecule has 108 valence electrons. The van der Waals surface area contributed by atoms with Crippen molar-refractivity contribution in [2.75, 3.05) is 0 Å². The maximum Gasteiger partial charge on any atom is 0.173 e. The van der Waals surface area contributed by atoms with E-state index >= 15 is 0 Å². The first-order valence-electron chi connectivity index (χ1n) is 6.95. The van der Waals surface area contributed by atoms with E-state index in [1.807, 2.05) is 6.92 Å². The standard InChI is InChI=1S/C15H22Br2O2/c1-9-6-5-7-15(4)10(19-15)8-14(2,3)13(17)11(16)12(9)18/h9-10H,5-8H2,1-4H3/b13-11-. The Kier molecular flexibility index (Phi) is 4.36. The molecule has 4 heteroatoms. The monoisotopic (exact) mass is 392 g/mol. The van der Waals surface area contributed by atoms with Crippen LogP contribution in [0, 0.1) is 11.3 Å². The number of halogens is 2. The summed E-state index contributed by atoms with van der Waals surface area (Å²) in [4.78, 5) is 12.4. The second-order valence-electron chi connectivity index (χ2n) is 6.79. The summed E-state index contributed by atoms with van der Waals surface area (Å²) < 4.78 is 7.59. The summed E-state index contributed by atoms with van der Waals surface area (Å²) >= 11 is 7.13. The summed E-state index contributed by atoms with van der Waals surface area (Å²) in [5, 5.41) is 0. The van der Waals surface area contributed by atoms with Crippen LogP contribution < -0.4 is 0 Å². The highest BCUT2D eigenvalue weighted by Gasteiger charge is 2.53. The molecule has 0 N–H and O–H groups in total. The van der Waals surface area contributed by atoms with Crippen LogP contribution >= 0.6 is 31.9 Å². The molecule has 0 saturated carbocycles. The summed E-state index contributed by atoms with van der Waals surface area (Å²) in [6.07, 6.45) is 4.30. The van der Waals surface area contributed by atoms with Crippen LogP contribution in [0.3, 0.4) is 0 Å². The smallest absolute Gasteiger partial charge is 0.173 e. The van der Waals surface area contributed by atoms with Crippen molar-refractivity contribution < 1.29 is 9.53 Å². The van der Waals surface area contributed by atoms with Gasteiger partial charge in [-0.1, -0.05) is 36.7 Å². The Labute approximate surface area is 132 Å². The van der Waals surface area contributed by atoms with Gasteiger partial charge in [0, 0.05) is 15.8 Å². The number of allylic oxidation sites excluding steroid dienone is 2. The minimum Gasteiger partial charge on any atom is -0.366 e. The Bertz CT molecular complexity index is 428. The molecule has 0 spiro atoms. The zero-order valence-electron chi connectivity index (χ0n) is 12.1. The van der Waals surface area contributed by atoms with Crippen LogP contribution in [-0.4, -0.2) is 17.5 Å². The largest absolute Gasteiger partial charge is 0.366 e. The maximum absolute atomic E-state index is 12.4. The molecule has 1 heterocycles. The summed E-state index contributed by atoms with van der Waals surface area (Å²) in [6.45, 7) is 8.54. The first-order chi connectivity index (χ1) is 8.67. The van der Waals surface area contributed by atoms with Crippen molar-refractivity contribution in [1.29, 1.82) is 0 Å². The molecule has 2 nitrogen and oxygen atoms in total. The normalized spacial score (nSPS) is 43.4. The first kappa shape index (κ1) is 15.7. The summed E-state index contributed by atoms with van der Waals surface area (Å²) in [6, 6.07) is 0. The Morgan fingerprint density at radius 2 is 1.89 bits per heavy atom. The van der Waals surface area contributed by atoms with E-state index in [4.69, 9.17) is 4.74 Å². The van der Waals surface area contributed by atoms with Crippen LogP contribution in [0.15, 0.2) is 8.96 Å². The molecule has 1 fully saturated rings. The molecular weight excluding hydrogens is 372 g/mol. The van der Waals surface area contributed by atoms with E-state index < -0.39 is 0 Å². The van der Waals surface area contributed by atoms with Gasteiger partial charge in [-0.3, -0.25) is 4.79 Å². The Morgan fingerprint density at radius 1 is 1.26 bits per heavy atom. The number of epoxide rings is 1. The van der Waals surface area contributed by atoms with Gasteiger partial charge < -0.3 is 4.74 Å². The minimum absolute atomic E-state index is 0.0319. The highest BCUT2D eigenvalue weighted by molar-refractivity contribution is 9.14. The third kappa shape index (κ3) is 3.16. The highest BCUT2D eigenvalue weighted by atomic mass is 79.9. The number of hydrogen-bond acceptors (Lipinski definition) is 2. The second-order valence-corrected chi connectivity index (χ2v) is 8.38. The van der Waals surface area contributed by atoms with Gasteiger partial charge in [0.05, 0.1) is 16.2 Å². The number of fused-ring (bicyclic) bond motifs is 1. The lowest BCUT2D eigenvalue weighted by Gasteiger charge is -2.25. The van der Waals surface area contributed by atoms with Gasteiger partial charge in [0.2, 0.25) is 0 Å². The molecule has 1 aliphatic carbocycles. The topological polar surface area (TPSA) is 29.6 Å². The average Bonchev–Trinajstić information content (AvgIpc) is 2.94. The van der Waals surface area contributed by atoms with E-state index in [2.05, 4.69) is 52.6 Å². The van der Waals surface area contributed by atoms with Gasteiger partial charge >= 0.3 is 0 Å². The SMILES string of the molecule is CC1CCCC2(C)OC2CC(C)(C)/C(Br)=C(/Br)C1=O. The lowest BCUT2D eigenvalue weighted by atomic mass is 9.83. The molecule has 0 amide bonds. The first-order valence-corrected chi connectivity index (χ1v) is 8.54. The Hall–Kier alpha value is 0.330. The lowest BCUT2D eigenvalue weighted by Crippen LogP contribution is -2.20. The molecule has 1 aliphatic heterocycles. The number of ether oxygens (including phenoxy) is 1. The fourth-order valence-corrected chi connectivity index (χ4v) is 4.12. The highest BCUT2D eigenvalue weighted by Crippen LogP contribution is 2.51. The fraction of sp³-hybridized carbons (Fsp3) is 0.800. The van der Waals surface area contributed by atoms with Crippen molar-refractivity contribution in [3.05, 3.63) is 8.96 Å². The fourth-order valence-electron chi connectivity index (χ4n) is 2.83. The second kappa shape index (κ2) is 5.27. The molecule has 2 aliphatic rings. The minimum atomic E-state index is -0.0824. The summed E-state index contributed by atoms with van der Waals surface area (Å²) in [5.74, 6) is 0.276. The number of carbonyl (C=O) groups is 1. The van der Waals surface area contributed by atoms with Crippen LogP contribution in [0.2, 0.25) is 0 Å². The molecule has 0 aromatic carbocycles. The van der Waals surface area contributed by atoms with E-state index in [1.165, 1.54) is 0 Å². The zero-order valence-corrected chi connectivity index (χ0v) is 15.2. The van der Waals surface area contributed by atoms with Crippen LogP contribution in [0.1, 0.15) is 53.4 Å². The third-order valence-corrected chi connectivity index (χ3v) is 7.28. The molecule has 1 saturated heterocycles. The molecular formula is C15H22Br2O2. The van der Waals surface area contributed by atoms with Crippen LogP contribution in [0.5, 0.6) is 0 Å². The lowest BCUT2D eigenvalue weighted by molar-refractivity contribution is -0.118. The van der Waals surface area contributed by atoms with Gasteiger partial charge in [-0.2, -0.15) is 0 Å². The summed E-state index contributed by atoms with van der Waals surface area (Å²) in [7, 11) is 0. The molecule has 0 aromatic rings. The molecule has 0 bridgehead atoms. The van der Waals surface area contributed by atoms with Crippen molar-refractivity contribution in [3.63, 3.8) is 0 Å². The molecule has 0 radical (unpaired) electrons. The Balaban J connectivity index is 2.31. The number of Topliss-reactive ketones (excluding diaryl/α,β-unsaturated/α-hetero) is 1. The van der Waals surface area contributed by atoms with Crippen molar-refractivity contribution in [2.45, 2.75) is 65.1 Å². The van der Waals surface area contributed by atoms with Gasteiger partial charge in [0.25, 0.3) is 0 Å². The van der Waals surface area contributed by atoms with Gasteiger partial charge in [-0.05, 0) is 48.5 Å². The molecule has 2 rings (SSSR count). The van der Waals surface area contributed by atoms with Crippen LogP contribution in [-0.2, 0) is 9.53 Å². The van der Waals surface area contributed by atoms with Gasteiger partial charge in [-0.25, -0.2) is 0 Å². The number of ketones is 1. The van der Waals surface area contributed by atoms with Crippen LogP contribution in [0.25, 0.3) is 0 Å². The number of hydrogen-bond donors (Lipinski definition) is 0. The molecule has 0 aromatic heterocycles. The van der Waals surface area contributed by atoms with E-state index in [0.29, 0.717) is 10.6 Å². The number of rotatable bonds is 0. The van der Waals surface area contributed by atoms with Crippen molar-refractivity contribution in [3.8, 4) is 0 Å². The predicted molar refractivity (Wildman–Crippen MR) is 84.6 cm³/mol. The van der Waals surface area contributed by atoms with E-state index in [1.54, 1.807) is 0 Å². The number of carbonyl (C=O) groups excluding carboxylic acids is 1. The van der Waals surface area contributed by atoms with E-state index in [-0.39, 0.29) is 22.7 Å².